The number of hydrogen-bond acceptors (Lipinski definition) is 5. The number of aliphatic hydroxyl groups is 1. The molecule has 0 bridgehead atoms. The molecule has 0 aliphatic rings. The minimum atomic E-state index is -1.09. The molecule has 1 aromatic carbocycles. The van der Waals surface area contributed by atoms with Crippen LogP contribution in [0.15, 0.2) is 28.4 Å². The van der Waals surface area contributed by atoms with Gasteiger partial charge in [-0.25, -0.2) is 13.6 Å². The second-order valence-corrected chi connectivity index (χ2v) is 6.41. The van der Waals surface area contributed by atoms with Crippen LogP contribution >= 0.6 is 15.9 Å². The van der Waals surface area contributed by atoms with Crippen molar-refractivity contribution in [1.82, 2.24) is 5.32 Å². The Kier molecular flexibility index (Phi) is 8.18. The molecule has 1 rings (SSSR count). The van der Waals surface area contributed by atoms with Gasteiger partial charge in [0.25, 0.3) is 0 Å². The third-order valence-electron chi connectivity index (χ3n) is 3.44. The normalized spacial score (nSPS) is 12.9. The van der Waals surface area contributed by atoms with Crippen molar-refractivity contribution in [2.45, 2.75) is 26.8 Å². The number of ether oxygens (including phenoxy) is 1. The molecule has 0 saturated heterocycles. The van der Waals surface area contributed by atoms with Crippen molar-refractivity contribution in [2.24, 2.45) is 5.92 Å². The van der Waals surface area contributed by atoms with E-state index < -0.39 is 40.6 Å². The largest absolute Gasteiger partial charge is 0.462 e. The number of aliphatic hydroxyl groups excluding tert-OH is 1. The van der Waals surface area contributed by atoms with E-state index in [0.717, 1.165) is 12.3 Å². The number of nitrogens with one attached hydrogen (secondary N) is 1. The van der Waals surface area contributed by atoms with Crippen molar-refractivity contribution in [3.8, 4) is 0 Å². The zero-order chi connectivity index (χ0) is 19.1. The summed E-state index contributed by atoms with van der Waals surface area (Å²) in [5, 5.41) is 12.1. The monoisotopic (exact) mass is 419 g/mol. The van der Waals surface area contributed by atoms with Gasteiger partial charge in [-0.2, -0.15) is 0 Å². The Hall–Kier alpha value is -1.80. The fraction of sp³-hybridized carbons (Fsp3) is 0.412. The van der Waals surface area contributed by atoms with Gasteiger partial charge in [0.1, 0.15) is 17.2 Å². The van der Waals surface area contributed by atoms with Crippen LogP contribution in [0.4, 0.5) is 8.78 Å². The highest BCUT2D eigenvalue weighted by atomic mass is 79.9. The van der Waals surface area contributed by atoms with Crippen molar-refractivity contribution in [3.63, 3.8) is 0 Å². The number of Topliss-reactive ketones (excluding diaryl/α,β-unsaturated/α-hetero) is 1. The van der Waals surface area contributed by atoms with Gasteiger partial charge in [0.15, 0.2) is 0 Å². The number of esters is 1. The van der Waals surface area contributed by atoms with Crippen molar-refractivity contribution in [3.05, 3.63) is 45.6 Å². The van der Waals surface area contributed by atoms with Crippen LogP contribution < -0.4 is 5.32 Å². The molecule has 25 heavy (non-hydrogen) atoms. The lowest BCUT2D eigenvalue weighted by atomic mass is 10.0. The molecule has 0 spiro atoms. The minimum absolute atomic E-state index is 0.0106. The summed E-state index contributed by atoms with van der Waals surface area (Å²) in [4.78, 5) is 24.6. The van der Waals surface area contributed by atoms with E-state index in [1.54, 1.807) is 6.92 Å². The minimum Gasteiger partial charge on any atom is -0.462 e. The van der Waals surface area contributed by atoms with E-state index in [-0.39, 0.29) is 23.6 Å². The molecule has 0 aliphatic heterocycles. The van der Waals surface area contributed by atoms with Gasteiger partial charge in [-0.3, -0.25) is 4.79 Å². The number of hydrogen-bond donors (Lipinski definition) is 2. The van der Waals surface area contributed by atoms with Gasteiger partial charge in [0.2, 0.25) is 5.78 Å². The summed E-state index contributed by atoms with van der Waals surface area (Å²) in [5.74, 6) is -3.85. The topological polar surface area (TPSA) is 75.6 Å². The van der Waals surface area contributed by atoms with Crippen LogP contribution in [0.1, 0.15) is 31.1 Å². The number of rotatable bonds is 8. The van der Waals surface area contributed by atoms with Crippen LogP contribution in [-0.2, 0) is 9.53 Å². The molecule has 2 N–H and O–H groups in total. The number of benzene rings is 1. The van der Waals surface area contributed by atoms with E-state index in [4.69, 9.17) is 4.74 Å². The zero-order valence-electron chi connectivity index (χ0n) is 14.1. The van der Waals surface area contributed by atoms with E-state index in [0.29, 0.717) is 6.07 Å². The van der Waals surface area contributed by atoms with Gasteiger partial charge in [-0.1, -0.05) is 13.8 Å². The molecule has 0 saturated carbocycles. The first-order valence-corrected chi connectivity index (χ1v) is 8.45. The summed E-state index contributed by atoms with van der Waals surface area (Å²) in [6.45, 7) is 5.03. The Balaban J connectivity index is 3.26. The summed E-state index contributed by atoms with van der Waals surface area (Å²) >= 11 is 2.88. The van der Waals surface area contributed by atoms with Crippen LogP contribution in [0.3, 0.4) is 0 Å². The fourth-order valence-corrected chi connectivity index (χ4v) is 2.26. The molecule has 0 aromatic heterocycles. The molecular formula is C17H20BrF2NO4. The Morgan fingerprint density at radius 1 is 1.32 bits per heavy atom. The van der Waals surface area contributed by atoms with E-state index >= 15 is 0 Å². The SMILES string of the molecule is CCOC(=O)C(=CN[C@H](CO)C(C)C)C(=O)c1cc(Br)c(F)cc1F. The maximum atomic E-state index is 14.0. The second kappa shape index (κ2) is 9.62. The van der Waals surface area contributed by atoms with Gasteiger partial charge in [0, 0.05) is 12.3 Å². The fourth-order valence-electron chi connectivity index (χ4n) is 1.91. The van der Waals surface area contributed by atoms with Crippen LogP contribution in [-0.4, -0.2) is 36.1 Å². The second-order valence-electron chi connectivity index (χ2n) is 5.55. The standard InChI is InChI=1S/C17H20BrF2NO4/c1-4-25-17(24)11(7-21-15(8-22)9(2)3)16(23)10-5-12(18)14(20)6-13(10)19/h5-7,9,15,21-22H,4,8H2,1-3H3/t15-/m1/s1. The molecule has 5 nitrogen and oxygen atoms in total. The van der Waals surface area contributed by atoms with Gasteiger partial charge in [-0.15, -0.1) is 0 Å². The third kappa shape index (κ3) is 5.61. The van der Waals surface area contributed by atoms with Crippen LogP contribution in [0.5, 0.6) is 0 Å². The Bertz CT molecular complexity index is 677. The molecular weight excluding hydrogens is 400 g/mol. The van der Waals surface area contributed by atoms with Gasteiger partial charge in [-0.05, 0) is 34.8 Å². The Morgan fingerprint density at radius 2 is 1.96 bits per heavy atom. The molecule has 0 aliphatic carbocycles. The molecule has 1 atom stereocenters. The quantitative estimate of drug-likeness (QED) is 0.169. The first-order chi connectivity index (χ1) is 11.7. The predicted octanol–water partition coefficient (Wildman–Crippen LogP) is 2.96. The van der Waals surface area contributed by atoms with Crippen molar-refractivity contribution < 1.29 is 28.2 Å². The maximum absolute atomic E-state index is 14.0. The predicted molar refractivity (Wildman–Crippen MR) is 92.0 cm³/mol. The third-order valence-corrected chi connectivity index (χ3v) is 4.05. The molecule has 8 heteroatoms. The van der Waals surface area contributed by atoms with Gasteiger partial charge < -0.3 is 15.2 Å². The molecule has 0 heterocycles. The highest BCUT2D eigenvalue weighted by Crippen LogP contribution is 2.22. The number of carbonyl (C=O) groups is 2. The van der Waals surface area contributed by atoms with Crippen molar-refractivity contribution in [1.29, 1.82) is 0 Å². The van der Waals surface area contributed by atoms with E-state index in [2.05, 4.69) is 21.2 Å². The maximum Gasteiger partial charge on any atom is 0.343 e. The van der Waals surface area contributed by atoms with E-state index in [1.807, 2.05) is 13.8 Å². The lowest BCUT2D eigenvalue weighted by molar-refractivity contribution is -0.138. The first kappa shape index (κ1) is 21.2. The number of ketones is 1. The van der Waals surface area contributed by atoms with Gasteiger partial charge >= 0.3 is 5.97 Å². The zero-order valence-corrected chi connectivity index (χ0v) is 15.7. The molecule has 138 valence electrons. The molecule has 0 radical (unpaired) electrons. The van der Waals surface area contributed by atoms with E-state index in [1.165, 1.54) is 0 Å². The molecule has 1 aromatic rings. The van der Waals surface area contributed by atoms with Crippen molar-refractivity contribution in [2.75, 3.05) is 13.2 Å². The first-order valence-electron chi connectivity index (χ1n) is 7.66. The molecule has 0 unspecified atom stereocenters. The van der Waals surface area contributed by atoms with Gasteiger partial charge in [0.05, 0.1) is 29.3 Å². The highest BCUT2D eigenvalue weighted by Gasteiger charge is 2.25. The van der Waals surface area contributed by atoms with Crippen LogP contribution in [0.25, 0.3) is 0 Å². The Morgan fingerprint density at radius 3 is 2.48 bits per heavy atom. The Labute approximate surface area is 153 Å². The lowest BCUT2D eigenvalue weighted by Gasteiger charge is -2.19. The summed E-state index contributed by atoms with van der Waals surface area (Å²) in [6.07, 6.45) is 1.10. The molecule has 0 amide bonds. The highest BCUT2D eigenvalue weighted by molar-refractivity contribution is 9.10. The lowest BCUT2D eigenvalue weighted by Crippen LogP contribution is -2.34. The smallest absolute Gasteiger partial charge is 0.343 e. The summed E-state index contributed by atoms with van der Waals surface area (Å²) in [5.41, 5.74) is -0.919. The van der Waals surface area contributed by atoms with Crippen LogP contribution in [0.2, 0.25) is 0 Å². The number of halogens is 3. The number of carbonyl (C=O) groups excluding carboxylic acids is 2. The average Bonchev–Trinajstić information content (AvgIpc) is 2.54. The van der Waals surface area contributed by atoms with Crippen molar-refractivity contribution >= 4 is 27.7 Å². The summed E-state index contributed by atoms with van der Waals surface area (Å²) in [7, 11) is 0. The van der Waals surface area contributed by atoms with E-state index in [9.17, 15) is 23.5 Å². The summed E-state index contributed by atoms with van der Waals surface area (Å²) < 4.78 is 32.0. The average molecular weight is 420 g/mol. The molecule has 0 fully saturated rings. The summed E-state index contributed by atoms with van der Waals surface area (Å²) in [6, 6.07) is 1.10. The van der Waals surface area contributed by atoms with Crippen LogP contribution in [0, 0.1) is 17.6 Å².